The molecule has 0 unspecified atom stereocenters. The van der Waals surface area contributed by atoms with Gasteiger partial charge in [-0.2, -0.15) is 5.10 Å². The van der Waals surface area contributed by atoms with E-state index in [2.05, 4.69) is 33.9 Å². The Morgan fingerprint density at radius 2 is 2.25 bits per heavy atom. The van der Waals surface area contributed by atoms with Crippen LogP contribution >= 0.6 is 0 Å². The predicted molar refractivity (Wildman–Crippen MR) is 79.1 cm³/mol. The minimum Gasteiger partial charge on any atom is -0.356 e. The number of aromatic nitrogens is 4. The van der Waals surface area contributed by atoms with Crippen molar-refractivity contribution >= 4 is 11.5 Å². The molecule has 0 fully saturated rings. The molecule has 3 N–H and O–H groups in total. The van der Waals surface area contributed by atoms with Gasteiger partial charge >= 0.3 is 5.69 Å². The maximum Gasteiger partial charge on any atom is 0.349 e. The van der Waals surface area contributed by atoms with Crippen LogP contribution in [0.5, 0.6) is 0 Å². The van der Waals surface area contributed by atoms with Gasteiger partial charge in [0.15, 0.2) is 5.65 Å². The summed E-state index contributed by atoms with van der Waals surface area (Å²) in [6.45, 7) is 8.55. The van der Waals surface area contributed by atoms with Crippen molar-refractivity contribution in [2.75, 3.05) is 24.5 Å². The molecule has 0 aliphatic heterocycles. The molecule has 2 heterocycles. The zero-order chi connectivity index (χ0) is 14.7. The summed E-state index contributed by atoms with van der Waals surface area (Å²) in [7, 11) is 0. The number of rotatable bonds is 6. The Hall–Kier alpha value is -1.89. The van der Waals surface area contributed by atoms with Gasteiger partial charge in [-0.3, -0.25) is 0 Å². The maximum absolute atomic E-state index is 11.6. The molecule has 7 nitrogen and oxygen atoms in total. The fourth-order valence-electron chi connectivity index (χ4n) is 2.27. The maximum atomic E-state index is 11.6. The van der Waals surface area contributed by atoms with Crippen LogP contribution in [0, 0.1) is 12.8 Å². The van der Waals surface area contributed by atoms with Crippen molar-refractivity contribution in [3.63, 3.8) is 0 Å². The first-order valence-electron chi connectivity index (χ1n) is 6.92. The third-order valence-corrected chi connectivity index (χ3v) is 3.10. The normalized spacial score (nSPS) is 11.4. The van der Waals surface area contributed by atoms with E-state index < -0.39 is 0 Å². The van der Waals surface area contributed by atoms with E-state index in [1.807, 2.05) is 13.0 Å². The van der Waals surface area contributed by atoms with Crippen LogP contribution in [0.4, 0.5) is 5.82 Å². The van der Waals surface area contributed by atoms with E-state index in [4.69, 9.17) is 5.73 Å². The molecule has 0 aromatic carbocycles. The largest absolute Gasteiger partial charge is 0.356 e. The molecule has 7 heteroatoms. The lowest BCUT2D eigenvalue weighted by Crippen LogP contribution is -2.31. The van der Waals surface area contributed by atoms with Gasteiger partial charge in [-0.1, -0.05) is 13.8 Å². The minimum absolute atomic E-state index is 0.256. The summed E-state index contributed by atoms with van der Waals surface area (Å²) in [4.78, 5) is 18.3. The molecule has 2 rings (SSSR count). The van der Waals surface area contributed by atoms with Crippen molar-refractivity contribution in [1.29, 1.82) is 0 Å². The molecular weight excluding hydrogens is 256 g/mol. The molecule has 0 aliphatic rings. The van der Waals surface area contributed by atoms with E-state index in [1.165, 1.54) is 4.40 Å². The van der Waals surface area contributed by atoms with Gasteiger partial charge in [0.05, 0.1) is 0 Å². The summed E-state index contributed by atoms with van der Waals surface area (Å²) in [6, 6.07) is 1.84. The third-order valence-electron chi connectivity index (χ3n) is 3.10. The van der Waals surface area contributed by atoms with Gasteiger partial charge in [-0.15, -0.1) is 0 Å². The van der Waals surface area contributed by atoms with Gasteiger partial charge in [-0.25, -0.2) is 19.3 Å². The van der Waals surface area contributed by atoms with Gasteiger partial charge < -0.3 is 10.6 Å². The highest BCUT2D eigenvalue weighted by Crippen LogP contribution is 2.15. The summed E-state index contributed by atoms with van der Waals surface area (Å²) < 4.78 is 1.47. The third kappa shape index (κ3) is 2.98. The molecule has 110 valence electrons. The topological polar surface area (TPSA) is 92.3 Å². The first-order valence-corrected chi connectivity index (χ1v) is 6.92. The number of aryl methyl sites for hydroxylation is 1. The molecular formula is C13H22N6O. The van der Waals surface area contributed by atoms with Crippen LogP contribution in [0.15, 0.2) is 10.9 Å². The number of H-pyrrole nitrogens is 1. The zero-order valence-corrected chi connectivity index (χ0v) is 12.3. The number of anilines is 1. The fourth-order valence-corrected chi connectivity index (χ4v) is 2.27. The van der Waals surface area contributed by atoms with Crippen molar-refractivity contribution in [2.45, 2.75) is 27.2 Å². The van der Waals surface area contributed by atoms with Crippen LogP contribution in [0.2, 0.25) is 0 Å². The summed E-state index contributed by atoms with van der Waals surface area (Å²) in [5.41, 5.74) is 5.94. The number of nitrogens with two attached hydrogens (primary N) is 1. The molecule has 2 aromatic heterocycles. The lowest BCUT2D eigenvalue weighted by molar-refractivity contribution is 0.595. The van der Waals surface area contributed by atoms with E-state index in [0.29, 0.717) is 23.9 Å². The first kappa shape index (κ1) is 14.5. The van der Waals surface area contributed by atoms with Gasteiger partial charge in [0, 0.05) is 19.2 Å². The summed E-state index contributed by atoms with van der Waals surface area (Å²) in [5, 5.41) is 6.46. The molecule has 20 heavy (non-hydrogen) atoms. The SMILES string of the molecule is Cc1nc(N(CCCN)CC(C)C)cc2n[nH]c(=O)n12. The number of nitrogens with zero attached hydrogens (tertiary/aromatic N) is 4. The molecule has 0 saturated heterocycles. The standard InChI is InChI=1S/C13H22N6O/c1-9(2)8-18(6-4-5-14)11-7-12-16-17-13(20)19(12)10(3)15-11/h7,9H,4-6,8,14H2,1-3H3,(H,17,20). The zero-order valence-electron chi connectivity index (χ0n) is 12.3. The van der Waals surface area contributed by atoms with Crippen LogP contribution in [-0.2, 0) is 0 Å². The van der Waals surface area contributed by atoms with E-state index in [0.717, 1.165) is 25.3 Å². The number of fused-ring (bicyclic) bond motifs is 1. The van der Waals surface area contributed by atoms with Gasteiger partial charge in [0.2, 0.25) is 0 Å². The Bertz CT molecular complexity index is 629. The highest BCUT2D eigenvalue weighted by Gasteiger charge is 2.13. The van der Waals surface area contributed by atoms with Gasteiger partial charge in [0.1, 0.15) is 11.6 Å². The van der Waals surface area contributed by atoms with Crippen LogP contribution < -0.4 is 16.3 Å². The van der Waals surface area contributed by atoms with Gasteiger partial charge in [0.25, 0.3) is 0 Å². The Kier molecular flexibility index (Phi) is 4.39. The molecule has 0 radical (unpaired) electrons. The lowest BCUT2D eigenvalue weighted by Gasteiger charge is -2.25. The molecule has 0 atom stereocenters. The Balaban J connectivity index is 2.39. The highest BCUT2D eigenvalue weighted by molar-refractivity contribution is 5.51. The number of hydrogen-bond acceptors (Lipinski definition) is 5. The smallest absolute Gasteiger partial charge is 0.349 e. The van der Waals surface area contributed by atoms with E-state index in [-0.39, 0.29) is 5.69 Å². The van der Waals surface area contributed by atoms with Crippen molar-refractivity contribution in [3.05, 3.63) is 22.4 Å². The second-order valence-electron chi connectivity index (χ2n) is 5.37. The predicted octanol–water partition coefficient (Wildman–Crippen LogP) is 0.537. The van der Waals surface area contributed by atoms with E-state index in [1.54, 1.807) is 0 Å². The van der Waals surface area contributed by atoms with Crippen molar-refractivity contribution in [1.82, 2.24) is 19.6 Å². The molecule has 2 aromatic rings. The Morgan fingerprint density at radius 3 is 2.90 bits per heavy atom. The number of nitrogens with one attached hydrogen (secondary N) is 1. The van der Waals surface area contributed by atoms with Crippen molar-refractivity contribution in [3.8, 4) is 0 Å². The fraction of sp³-hybridized carbons (Fsp3) is 0.615. The first-order chi connectivity index (χ1) is 9.52. The Morgan fingerprint density at radius 1 is 1.50 bits per heavy atom. The van der Waals surface area contributed by atoms with Crippen LogP contribution in [0.3, 0.4) is 0 Å². The van der Waals surface area contributed by atoms with Crippen molar-refractivity contribution in [2.24, 2.45) is 11.7 Å². The van der Waals surface area contributed by atoms with Crippen molar-refractivity contribution < 1.29 is 0 Å². The number of hydrogen-bond donors (Lipinski definition) is 2. The summed E-state index contributed by atoms with van der Waals surface area (Å²) in [6.07, 6.45) is 0.909. The molecule has 0 aliphatic carbocycles. The average molecular weight is 278 g/mol. The summed E-state index contributed by atoms with van der Waals surface area (Å²) >= 11 is 0. The molecule has 0 saturated carbocycles. The van der Waals surface area contributed by atoms with E-state index in [9.17, 15) is 4.79 Å². The van der Waals surface area contributed by atoms with Crippen LogP contribution in [0.25, 0.3) is 5.65 Å². The molecule has 0 bridgehead atoms. The Labute approximate surface area is 117 Å². The second kappa shape index (κ2) is 6.04. The monoisotopic (exact) mass is 278 g/mol. The van der Waals surface area contributed by atoms with Crippen LogP contribution in [-0.4, -0.2) is 39.2 Å². The molecule has 0 spiro atoms. The summed E-state index contributed by atoms with van der Waals surface area (Å²) in [5.74, 6) is 2.00. The number of aromatic amines is 1. The quantitative estimate of drug-likeness (QED) is 0.804. The minimum atomic E-state index is -0.256. The highest BCUT2D eigenvalue weighted by atomic mass is 16.1. The molecule has 0 amide bonds. The average Bonchev–Trinajstić information content (AvgIpc) is 2.76. The van der Waals surface area contributed by atoms with Gasteiger partial charge in [-0.05, 0) is 25.8 Å². The lowest BCUT2D eigenvalue weighted by atomic mass is 10.2. The van der Waals surface area contributed by atoms with Crippen LogP contribution in [0.1, 0.15) is 26.1 Å². The second-order valence-corrected chi connectivity index (χ2v) is 5.37. The van der Waals surface area contributed by atoms with E-state index >= 15 is 0 Å².